The fourth-order valence-corrected chi connectivity index (χ4v) is 1.90. The summed E-state index contributed by atoms with van der Waals surface area (Å²) in [5, 5.41) is 3.09. The number of nitrogens with one attached hydrogen (secondary N) is 2. The Bertz CT molecular complexity index is 719. The van der Waals surface area contributed by atoms with Gasteiger partial charge in [0, 0.05) is 0 Å². The number of anilines is 1. The third-order valence-electron chi connectivity index (χ3n) is 2.73. The molecule has 1 aliphatic heterocycles. The Morgan fingerprint density at radius 3 is 3.22 bits per heavy atom. The number of hydrogen-bond acceptors (Lipinski definition) is 6. The van der Waals surface area contributed by atoms with Gasteiger partial charge in [-0.05, 0) is 0 Å². The fraction of sp³-hybridized carbons (Fsp3) is 0.100. The lowest BCUT2D eigenvalue weighted by Gasteiger charge is -2.07. The minimum absolute atomic E-state index is 0.551. The summed E-state index contributed by atoms with van der Waals surface area (Å²) in [7, 11) is 0. The first kappa shape index (κ1) is 9.28. The van der Waals surface area contributed by atoms with E-state index in [1.54, 1.807) is 18.7 Å². The number of H-pyrrole nitrogens is 1. The summed E-state index contributed by atoms with van der Waals surface area (Å²) >= 11 is 0. The molecule has 8 heteroatoms. The van der Waals surface area contributed by atoms with Crippen LogP contribution in [0.1, 0.15) is 5.69 Å². The third-order valence-corrected chi connectivity index (χ3v) is 2.73. The first-order valence-corrected chi connectivity index (χ1v) is 5.39. The van der Waals surface area contributed by atoms with E-state index in [-0.39, 0.29) is 0 Å². The predicted molar refractivity (Wildman–Crippen MR) is 64.9 cm³/mol. The summed E-state index contributed by atoms with van der Waals surface area (Å²) in [5.74, 6) is 1.45. The van der Waals surface area contributed by atoms with E-state index in [0.717, 1.165) is 17.0 Å². The summed E-state index contributed by atoms with van der Waals surface area (Å²) in [6.07, 6.45) is 6.63. The second kappa shape index (κ2) is 3.36. The molecule has 0 atom stereocenters. The van der Waals surface area contributed by atoms with Gasteiger partial charge in [-0.1, -0.05) is 0 Å². The van der Waals surface area contributed by atoms with Crippen molar-refractivity contribution in [3.05, 3.63) is 24.5 Å². The number of fused-ring (bicyclic) bond motifs is 2. The molecule has 0 saturated heterocycles. The molecule has 0 amide bonds. The highest BCUT2D eigenvalue weighted by atomic mass is 15.3. The zero-order valence-electron chi connectivity index (χ0n) is 9.20. The predicted octanol–water partition coefficient (Wildman–Crippen LogP) is 0.341. The van der Waals surface area contributed by atoms with Crippen LogP contribution in [0.3, 0.4) is 0 Å². The second-order valence-electron chi connectivity index (χ2n) is 3.82. The highest BCUT2D eigenvalue weighted by Crippen LogP contribution is 2.18. The van der Waals surface area contributed by atoms with Crippen LogP contribution in [0.4, 0.5) is 5.82 Å². The molecule has 2 N–H and O–H groups in total. The van der Waals surface area contributed by atoms with Crippen molar-refractivity contribution in [3.8, 4) is 5.95 Å². The van der Waals surface area contributed by atoms with Crippen LogP contribution in [0.2, 0.25) is 0 Å². The van der Waals surface area contributed by atoms with Crippen LogP contribution in [0, 0.1) is 0 Å². The van der Waals surface area contributed by atoms with Crippen molar-refractivity contribution < 1.29 is 0 Å². The molecular formula is C10H8N8. The minimum Gasteiger partial charge on any atom is -0.349 e. The van der Waals surface area contributed by atoms with Gasteiger partial charge in [-0.15, -0.1) is 0 Å². The Hall–Kier alpha value is -2.77. The Morgan fingerprint density at radius 1 is 1.28 bits per heavy atom. The molecule has 4 rings (SSSR count). The van der Waals surface area contributed by atoms with E-state index in [1.807, 2.05) is 4.57 Å². The van der Waals surface area contributed by atoms with Crippen molar-refractivity contribution >= 4 is 23.2 Å². The van der Waals surface area contributed by atoms with Gasteiger partial charge in [-0.25, -0.2) is 15.0 Å². The monoisotopic (exact) mass is 240 g/mol. The van der Waals surface area contributed by atoms with Crippen molar-refractivity contribution in [3.63, 3.8) is 0 Å². The molecule has 8 nitrogen and oxygen atoms in total. The maximum atomic E-state index is 4.39. The van der Waals surface area contributed by atoms with Crippen LogP contribution in [0.15, 0.2) is 23.8 Å². The lowest BCUT2D eigenvalue weighted by atomic mass is 10.4. The molecule has 3 aromatic heterocycles. The average molecular weight is 240 g/mol. The van der Waals surface area contributed by atoms with E-state index in [1.165, 1.54) is 6.33 Å². The van der Waals surface area contributed by atoms with Gasteiger partial charge in [0.15, 0.2) is 11.5 Å². The van der Waals surface area contributed by atoms with E-state index in [0.29, 0.717) is 18.3 Å². The van der Waals surface area contributed by atoms with Gasteiger partial charge >= 0.3 is 0 Å². The SMILES string of the molecule is C1=NCNc2ncn(-c3nc4ncncc4[nH]3)c21. The summed E-state index contributed by atoms with van der Waals surface area (Å²) in [6, 6.07) is 0. The second-order valence-corrected chi connectivity index (χ2v) is 3.82. The topological polar surface area (TPSA) is 96.7 Å². The number of hydrogen-bond donors (Lipinski definition) is 2. The van der Waals surface area contributed by atoms with Gasteiger partial charge < -0.3 is 10.3 Å². The molecule has 0 aliphatic carbocycles. The fourth-order valence-electron chi connectivity index (χ4n) is 1.90. The zero-order valence-corrected chi connectivity index (χ0v) is 9.20. The lowest BCUT2D eigenvalue weighted by Crippen LogP contribution is -2.10. The van der Waals surface area contributed by atoms with Gasteiger partial charge in [0.1, 0.15) is 30.5 Å². The number of rotatable bonds is 1. The standard InChI is InChI=1S/C10H8N8/c1-6-8(13-3-11-1)17-10(16-6)18-5-15-9-7(18)2-12-4-14-9/h1-3,5,14H,4H2,(H,11,13,16,17). The molecule has 4 heterocycles. The average Bonchev–Trinajstić information content (AvgIpc) is 3.02. The van der Waals surface area contributed by atoms with Gasteiger partial charge in [-0.2, -0.15) is 4.98 Å². The molecule has 0 aromatic carbocycles. The van der Waals surface area contributed by atoms with E-state index in [2.05, 4.69) is 35.2 Å². The molecule has 0 bridgehead atoms. The third kappa shape index (κ3) is 1.22. The maximum Gasteiger partial charge on any atom is 0.215 e. The first-order chi connectivity index (χ1) is 8.92. The number of aromatic nitrogens is 6. The maximum absolute atomic E-state index is 4.39. The highest BCUT2D eigenvalue weighted by molar-refractivity contribution is 5.86. The zero-order chi connectivity index (χ0) is 11.9. The molecule has 0 radical (unpaired) electrons. The van der Waals surface area contributed by atoms with Crippen LogP contribution >= 0.6 is 0 Å². The molecule has 1 aliphatic rings. The Labute approximate surface area is 101 Å². The Kier molecular flexibility index (Phi) is 1.73. The van der Waals surface area contributed by atoms with Crippen LogP contribution in [-0.4, -0.2) is 42.4 Å². The molecule has 88 valence electrons. The molecule has 0 unspecified atom stereocenters. The van der Waals surface area contributed by atoms with Gasteiger partial charge in [0.2, 0.25) is 5.95 Å². The summed E-state index contributed by atoms with van der Waals surface area (Å²) in [4.78, 5) is 24.0. The summed E-state index contributed by atoms with van der Waals surface area (Å²) < 4.78 is 1.83. The van der Waals surface area contributed by atoms with Crippen LogP contribution in [0.5, 0.6) is 0 Å². The van der Waals surface area contributed by atoms with E-state index in [4.69, 9.17) is 0 Å². The van der Waals surface area contributed by atoms with Gasteiger partial charge in [0.25, 0.3) is 0 Å². The van der Waals surface area contributed by atoms with E-state index in [9.17, 15) is 0 Å². The largest absolute Gasteiger partial charge is 0.349 e. The number of aromatic amines is 1. The first-order valence-electron chi connectivity index (χ1n) is 5.39. The molecule has 0 fully saturated rings. The lowest BCUT2D eigenvalue weighted by molar-refractivity contribution is 0.954. The Morgan fingerprint density at radius 2 is 2.28 bits per heavy atom. The smallest absolute Gasteiger partial charge is 0.215 e. The van der Waals surface area contributed by atoms with Crippen LogP contribution in [0.25, 0.3) is 17.1 Å². The number of aliphatic imine (C=N–C) groups is 1. The van der Waals surface area contributed by atoms with Crippen molar-refractivity contribution in [2.24, 2.45) is 4.99 Å². The summed E-state index contributed by atoms with van der Waals surface area (Å²) in [6.45, 7) is 0.551. The van der Waals surface area contributed by atoms with Gasteiger partial charge in [0.05, 0.1) is 12.4 Å². The molecule has 18 heavy (non-hydrogen) atoms. The Balaban J connectivity index is 1.93. The molecule has 0 spiro atoms. The van der Waals surface area contributed by atoms with Gasteiger partial charge in [-0.3, -0.25) is 9.56 Å². The van der Waals surface area contributed by atoms with Crippen LogP contribution < -0.4 is 5.32 Å². The van der Waals surface area contributed by atoms with E-state index >= 15 is 0 Å². The highest BCUT2D eigenvalue weighted by Gasteiger charge is 2.15. The van der Waals surface area contributed by atoms with Crippen LogP contribution in [-0.2, 0) is 0 Å². The molecular weight excluding hydrogens is 232 g/mol. The van der Waals surface area contributed by atoms with Crippen molar-refractivity contribution in [1.29, 1.82) is 0 Å². The van der Waals surface area contributed by atoms with Crippen molar-refractivity contribution in [2.75, 3.05) is 12.0 Å². The minimum atomic E-state index is 0.551. The van der Waals surface area contributed by atoms with E-state index < -0.39 is 0 Å². The molecule has 0 saturated carbocycles. The van der Waals surface area contributed by atoms with Crippen molar-refractivity contribution in [1.82, 2.24) is 29.5 Å². The quantitative estimate of drug-likeness (QED) is 0.639. The number of imidazole rings is 2. The number of nitrogens with zero attached hydrogens (tertiary/aromatic N) is 6. The molecule has 3 aromatic rings. The normalized spacial score (nSPS) is 13.6. The van der Waals surface area contributed by atoms with Crippen molar-refractivity contribution in [2.45, 2.75) is 0 Å². The summed E-state index contributed by atoms with van der Waals surface area (Å²) in [5.41, 5.74) is 2.28.